The summed E-state index contributed by atoms with van der Waals surface area (Å²) < 4.78 is 33.6. The molecule has 0 spiro atoms. The normalized spacial score (nSPS) is 20.5. The van der Waals surface area contributed by atoms with Gasteiger partial charge in [0.25, 0.3) is 0 Å². The second-order valence-corrected chi connectivity index (χ2v) is 11.5. The van der Waals surface area contributed by atoms with Crippen LogP contribution in [0.4, 0.5) is 0 Å². The van der Waals surface area contributed by atoms with Crippen molar-refractivity contribution in [1.82, 2.24) is 5.59 Å². The van der Waals surface area contributed by atoms with Gasteiger partial charge < -0.3 is 18.9 Å². The molecule has 0 unspecified atom stereocenters. The van der Waals surface area contributed by atoms with E-state index in [4.69, 9.17) is 34.1 Å². The quantitative estimate of drug-likeness (QED) is 0.0770. The molecule has 5 atom stereocenters. The average Bonchev–Trinajstić information content (AvgIpc) is 3.73. The fraction of sp³-hybridized carbons (Fsp3) is 0.350. The fourth-order valence-electron chi connectivity index (χ4n) is 5.06. The van der Waals surface area contributed by atoms with Crippen LogP contribution in [0.15, 0.2) is 103 Å². The third-order valence-electron chi connectivity index (χ3n) is 7.47. The Morgan fingerprint density at radius 1 is 0.729 bits per heavy atom. The van der Waals surface area contributed by atoms with E-state index in [2.05, 4.69) is 76.0 Å². The van der Waals surface area contributed by atoms with E-state index in [1.165, 1.54) is 0 Å². The molecule has 254 valence electrons. The molecule has 7 nitrogen and oxygen atoms in total. The number of allylic oxidation sites excluding steroid dienone is 1. The zero-order valence-electron chi connectivity index (χ0n) is 28.0. The van der Waals surface area contributed by atoms with Crippen molar-refractivity contribution in [3.63, 3.8) is 0 Å². The van der Waals surface area contributed by atoms with Gasteiger partial charge in [-0.2, -0.15) is 0 Å². The van der Waals surface area contributed by atoms with Gasteiger partial charge in [0, 0.05) is 33.4 Å². The van der Waals surface area contributed by atoms with Gasteiger partial charge in [0.15, 0.2) is 0 Å². The molecule has 1 aliphatic heterocycles. The second kappa shape index (κ2) is 27.1. The first-order valence-electron chi connectivity index (χ1n) is 15.9. The van der Waals surface area contributed by atoms with Crippen LogP contribution < -0.4 is 5.59 Å². The van der Waals surface area contributed by atoms with Crippen molar-refractivity contribution in [2.24, 2.45) is 11.8 Å². The van der Waals surface area contributed by atoms with Crippen molar-refractivity contribution in [3.05, 3.63) is 163 Å². The van der Waals surface area contributed by atoms with E-state index in [0.29, 0.717) is 32.3 Å². The number of nitrogens with zero attached hydrogens (tertiary/aromatic N) is 1. The summed E-state index contributed by atoms with van der Waals surface area (Å²) >= 11 is 0. The van der Waals surface area contributed by atoms with Crippen LogP contribution in [0.3, 0.4) is 0 Å². The van der Waals surface area contributed by atoms with E-state index in [1.54, 1.807) is 0 Å². The molecule has 3 aromatic rings. The summed E-state index contributed by atoms with van der Waals surface area (Å²) in [5, 5.41) is 0. The average molecular weight is 734 g/mol. The third kappa shape index (κ3) is 17.1. The Hall–Kier alpha value is -2.73. The Labute approximate surface area is 302 Å². The Balaban J connectivity index is 0.00000102. The predicted molar refractivity (Wildman–Crippen MR) is 183 cm³/mol. The number of hydrogen-bond donors (Lipinski definition) is 0. The molecule has 0 aromatic heterocycles. The predicted octanol–water partition coefficient (Wildman–Crippen LogP) is 7.91. The van der Waals surface area contributed by atoms with Crippen LogP contribution in [0.25, 0.3) is 0 Å². The molecule has 2 fully saturated rings. The van der Waals surface area contributed by atoms with Crippen LogP contribution in [0.5, 0.6) is 0 Å². The number of rotatable bonds is 13. The summed E-state index contributed by atoms with van der Waals surface area (Å²) in [6.45, 7) is 13.1. The SMILES string of the molecule is CC(C)/C=C/[C@H](C)[C@@H]1C[C@@H](OCc2ccccc2)[C@H](OCc2ccccc2)[C@@H](COCc2ccccc2)O1.[C-]#[O+].[CH]1[CH][CH][CH][CH]1.[Mo].[N]=O. The summed E-state index contributed by atoms with van der Waals surface area (Å²) in [6.07, 6.45) is 14.7. The summed E-state index contributed by atoms with van der Waals surface area (Å²) in [5.41, 5.74) is 9.18. The van der Waals surface area contributed by atoms with Crippen molar-refractivity contribution >= 4 is 0 Å². The van der Waals surface area contributed by atoms with Crippen LogP contribution in [-0.4, -0.2) is 31.0 Å². The summed E-state index contributed by atoms with van der Waals surface area (Å²) in [7, 11) is 0. The minimum atomic E-state index is -0.243. The van der Waals surface area contributed by atoms with E-state index in [1.807, 2.05) is 86.7 Å². The summed E-state index contributed by atoms with van der Waals surface area (Å²) in [4.78, 5) is 7.25. The van der Waals surface area contributed by atoms with Crippen LogP contribution in [-0.2, 0) is 64.5 Å². The molecule has 0 bridgehead atoms. The zero-order valence-corrected chi connectivity index (χ0v) is 30.0. The van der Waals surface area contributed by atoms with Crippen molar-refractivity contribution in [1.29, 1.82) is 0 Å². The Kier molecular flexibility index (Phi) is 24.5. The first kappa shape index (κ1) is 43.3. The van der Waals surface area contributed by atoms with E-state index in [9.17, 15) is 0 Å². The van der Waals surface area contributed by atoms with E-state index in [-0.39, 0.29) is 51.4 Å². The monoisotopic (exact) mass is 735 g/mol. The number of ether oxygens (including phenoxy) is 4. The second-order valence-electron chi connectivity index (χ2n) is 11.5. The number of nitroso groups, excluding NO2 is 1. The molecule has 0 amide bonds. The minimum Gasteiger partial charge on any atom is -0.120 e. The maximum Gasteiger partial charge on any atom is 0.120 e. The Morgan fingerprint density at radius 2 is 1.17 bits per heavy atom. The summed E-state index contributed by atoms with van der Waals surface area (Å²) in [5.74, 6) is 0.755. The molecule has 1 saturated heterocycles. The maximum atomic E-state index is 7.50. The van der Waals surface area contributed by atoms with Crippen molar-refractivity contribution < 1.29 is 44.7 Å². The summed E-state index contributed by atoms with van der Waals surface area (Å²) in [6, 6.07) is 30.9. The van der Waals surface area contributed by atoms with E-state index in [0.717, 1.165) is 23.1 Å². The molecular formula is C40H47MoNO6. The molecule has 1 heterocycles. The zero-order chi connectivity index (χ0) is 34.1. The van der Waals surface area contributed by atoms with Crippen LogP contribution in [0, 0.1) is 55.5 Å². The van der Waals surface area contributed by atoms with Gasteiger partial charge in [-0.05, 0) is 54.7 Å². The van der Waals surface area contributed by atoms with E-state index < -0.39 is 0 Å². The molecule has 48 heavy (non-hydrogen) atoms. The first-order chi connectivity index (χ1) is 23.1. The number of hydrogen-bond acceptors (Lipinski definition) is 5. The molecule has 6 radical (unpaired) electrons. The van der Waals surface area contributed by atoms with E-state index >= 15 is 0 Å². The van der Waals surface area contributed by atoms with Gasteiger partial charge in [0.05, 0.1) is 38.6 Å². The minimum absolute atomic E-state index is 0. The number of benzene rings is 3. The van der Waals surface area contributed by atoms with Gasteiger partial charge in [-0.15, -0.1) is 4.91 Å². The Bertz CT molecular complexity index is 1220. The fourth-order valence-corrected chi connectivity index (χ4v) is 5.06. The smallest absolute Gasteiger partial charge is 0.120 e. The van der Waals surface area contributed by atoms with Gasteiger partial charge >= 0.3 is 11.3 Å². The van der Waals surface area contributed by atoms with Crippen molar-refractivity contribution in [2.75, 3.05) is 6.61 Å². The molecule has 3 aromatic carbocycles. The van der Waals surface area contributed by atoms with Crippen molar-refractivity contribution in [3.8, 4) is 0 Å². The van der Waals surface area contributed by atoms with Crippen LogP contribution in [0.2, 0.25) is 0 Å². The standard InChI is InChI=1S/C34H42O4.C5H5.CO.Mo.NO/c1-26(2)19-20-27(3)31-21-32(36-23-29-15-9-5-10-16-29)34(37-24-30-17-11-6-12-18-30)33(38-31)25-35-22-28-13-7-4-8-14-28;1-2-4-5-3-1;1-2;;1-2/h4-20,26-27,31-34H,21-25H2,1-3H3;1-5H;;;/b20-19+;;;;/t27-,31-,32+,33+,34-;;;;/m0..../s1. The molecule has 1 saturated carbocycles. The van der Waals surface area contributed by atoms with Gasteiger partial charge in [0.2, 0.25) is 0 Å². The molecule has 1 aliphatic carbocycles. The molecular weight excluding hydrogens is 686 g/mol. The molecule has 5 rings (SSSR count). The topological polar surface area (TPSA) is 96.2 Å². The van der Waals surface area contributed by atoms with Crippen LogP contribution >= 0.6 is 0 Å². The van der Waals surface area contributed by atoms with Crippen molar-refractivity contribution in [2.45, 2.75) is 71.4 Å². The molecule has 0 N–H and O–H groups in total. The molecule has 2 aliphatic rings. The Morgan fingerprint density at radius 3 is 1.62 bits per heavy atom. The van der Waals surface area contributed by atoms with Gasteiger partial charge in [-0.1, -0.05) is 124 Å². The van der Waals surface area contributed by atoms with Crippen LogP contribution in [0.1, 0.15) is 43.9 Å². The maximum absolute atomic E-state index is 7.50. The van der Waals surface area contributed by atoms with Gasteiger partial charge in [-0.3, -0.25) is 0 Å². The largest absolute Gasteiger partial charge is 0.120 e. The van der Waals surface area contributed by atoms with Gasteiger partial charge in [0.1, 0.15) is 17.8 Å². The third-order valence-corrected chi connectivity index (χ3v) is 7.47. The molecule has 8 heteroatoms. The van der Waals surface area contributed by atoms with Gasteiger partial charge in [-0.25, -0.2) is 0 Å². The first-order valence-corrected chi connectivity index (χ1v) is 15.9.